The van der Waals surface area contributed by atoms with E-state index in [9.17, 15) is 9.18 Å². The molecule has 6 rings (SSSR count). The van der Waals surface area contributed by atoms with Gasteiger partial charge >= 0.3 is 0 Å². The first-order valence-electron chi connectivity index (χ1n) is 14.2. The van der Waals surface area contributed by atoms with E-state index in [1.807, 2.05) is 93.5 Å². The van der Waals surface area contributed by atoms with E-state index in [-0.39, 0.29) is 17.6 Å². The van der Waals surface area contributed by atoms with Crippen molar-refractivity contribution in [2.75, 3.05) is 32.6 Å². The zero-order valence-electron chi connectivity index (χ0n) is 24.5. The molecule has 0 saturated heterocycles. The maximum absolute atomic E-state index is 14.7. The third kappa shape index (κ3) is 5.98. The first-order chi connectivity index (χ1) is 20.7. The van der Waals surface area contributed by atoms with E-state index in [2.05, 4.69) is 25.5 Å². The average molecular weight is 577 g/mol. The zero-order chi connectivity index (χ0) is 30.1. The number of aromatic nitrogens is 4. The molecule has 0 radical (unpaired) electrons. The number of benzene rings is 3. The zero-order valence-corrected chi connectivity index (χ0v) is 24.5. The van der Waals surface area contributed by atoms with Gasteiger partial charge in [-0.2, -0.15) is 5.10 Å². The maximum atomic E-state index is 14.7. The number of hydrogen-bond acceptors (Lipinski definition) is 5. The van der Waals surface area contributed by atoms with Gasteiger partial charge in [-0.05, 0) is 67.7 Å². The monoisotopic (exact) mass is 576 g/mol. The van der Waals surface area contributed by atoms with Crippen LogP contribution < -0.4 is 10.1 Å². The Bertz CT molecular complexity index is 1940. The molecule has 0 aliphatic carbocycles. The van der Waals surface area contributed by atoms with Crippen LogP contribution in [0.25, 0.3) is 55.6 Å². The lowest BCUT2D eigenvalue weighted by molar-refractivity contribution is -0.118. The molecule has 0 saturated carbocycles. The summed E-state index contributed by atoms with van der Waals surface area (Å²) >= 11 is 0. The third-order valence-electron chi connectivity index (χ3n) is 7.31. The van der Waals surface area contributed by atoms with Crippen LogP contribution in [0.2, 0.25) is 0 Å². The minimum absolute atomic E-state index is 0.0396. The highest BCUT2D eigenvalue weighted by molar-refractivity contribution is 6.01. The molecule has 9 heteroatoms. The molecule has 3 N–H and O–H groups in total. The molecule has 3 heterocycles. The molecule has 3 aromatic heterocycles. The van der Waals surface area contributed by atoms with Crippen molar-refractivity contribution in [2.45, 2.75) is 13.8 Å². The van der Waals surface area contributed by atoms with Crippen molar-refractivity contribution in [3.05, 3.63) is 84.8 Å². The van der Waals surface area contributed by atoms with Crippen LogP contribution in [0.4, 0.5) is 10.1 Å². The first kappa shape index (κ1) is 28.1. The Kier molecular flexibility index (Phi) is 7.65. The Morgan fingerprint density at radius 3 is 2.63 bits per heavy atom. The third-order valence-corrected chi connectivity index (χ3v) is 7.31. The molecular weight excluding hydrogens is 543 g/mol. The summed E-state index contributed by atoms with van der Waals surface area (Å²) in [7, 11) is 3.94. The molecule has 1 amide bonds. The van der Waals surface area contributed by atoms with Crippen molar-refractivity contribution in [3.63, 3.8) is 0 Å². The molecule has 3 aromatic carbocycles. The van der Waals surface area contributed by atoms with E-state index in [1.54, 1.807) is 6.20 Å². The lowest BCUT2D eigenvalue weighted by Crippen LogP contribution is -2.19. The van der Waals surface area contributed by atoms with Gasteiger partial charge in [-0.25, -0.2) is 4.39 Å². The van der Waals surface area contributed by atoms with E-state index in [0.717, 1.165) is 67.8 Å². The molecule has 6 aromatic rings. The molecule has 0 atom stereocenters. The lowest BCUT2D eigenvalue weighted by Gasteiger charge is -2.12. The number of fused-ring (bicyclic) bond motifs is 2. The van der Waals surface area contributed by atoms with Crippen LogP contribution in [0.3, 0.4) is 0 Å². The second-order valence-electron chi connectivity index (χ2n) is 11.2. The average Bonchev–Trinajstić information content (AvgIpc) is 3.60. The molecule has 0 unspecified atom stereocenters. The second-order valence-corrected chi connectivity index (χ2v) is 11.2. The van der Waals surface area contributed by atoms with Crippen LogP contribution >= 0.6 is 0 Å². The number of nitrogens with one attached hydrogen (secondary N) is 3. The van der Waals surface area contributed by atoms with Gasteiger partial charge in [0.2, 0.25) is 5.91 Å². The summed E-state index contributed by atoms with van der Waals surface area (Å²) in [6, 6.07) is 22.4. The van der Waals surface area contributed by atoms with Crippen LogP contribution in [0.15, 0.2) is 79.0 Å². The van der Waals surface area contributed by atoms with E-state index in [4.69, 9.17) is 4.74 Å². The molecule has 0 aliphatic rings. The summed E-state index contributed by atoms with van der Waals surface area (Å²) in [5, 5.41) is 12.5. The summed E-state index contributed by atoms with van der Waals surface area (Å²) in [6.07, 6.45) is 1.76. The molecular formula is C34H33FN6O2. The van der Waals surface area contributed by atoms with Crippen LogP contribution in [0.5, 0.6) is 5.75 Å². The highest BCUT2D eigenvalue weighted by Crippen LogP contribution is 2.36. The van der Waals surface area contributed by atoms with Gasteiger partial charge in [-0.15, -0.1) is 0 Å². The number of likely N-dealkylation sites (N-methyl/N-ethyl adjacent to an activating group) is 1. The van der Waals surface area contributed by atoms with Gasteiger partial charge < -0.3 is 19.9 Å². The summed E-state index contributed by atoms with van der Waals surface area (Å²) in [5.41, 5.74) is 7.26. The first-order valence-corrected chi connectivity index (χ1v) is 14.2. The van der Waals surface area contributed by atoms with Crippen LogP contribution in [0.1, 0.15) is 13.8 Å². The highest BCUT2D eigenvalue weighted by Gasteiger charge is 2.16. The normalized spacial score (nSPS) is 11.6. The van der Waals surface area contributed by atoms with E-state index in [1.165, 1.54) is 12.1 Å². The van der Waals surface area contributed by atoms with Gasteiger partial charge in [0.05, 0.1) is 23.1 Å². The van der Waals surface area contributed by atoms with Crippen molar-refractivity contribution in [2.24, 2.45) is 5.92 Å². The van der Waals surface area contributed by atoms with Crippen molar-refractivity contribution < 1.29 is 13.9 Å². The molecule has 0 spiro atoms. The summed E-state index contributed by atoms with van der Waals surface area (Å²) in [6.45, 7) is 4.92. The Morgan fingerprint density at radius 2 is 1.81 bits per heavy atom. The van der Waals surface area contributed by atoms with Crippen LogP contribution in [-0.4, -0.2) is 58.2 Å². The number of anilines is 1. The van der Waals surface area contributed by atoms with Gasteiger partial charge in [0.15, 0.2) is 0 Å². The Labute approximate surface area is 248 Å². The number of ether oxygens (including phenoxy) is 1. The van der Waals surface area contributed by atoms with E-state index >= 15 is 0 Å². The standard InChI is InChI=1S/C34H33FN6O2/c1-20(2)34(42)37-24-8-5-7-21(14-24)30-18-28-32(19-36-30)39-40-33(28)31-17-27-26(9-6-10-29(27)38-31)22-13-23(35)16-25(15-22)43-12-11-41(3)4/h5-10,13-20,38H,11-12H2,1-4H3,(H,37,42)(H,39,40). The number of halogens is 1. The number of hydrogen-bond donors (Lipinski definition) is 3. The van der Waals surface area contributed by atoms with Gasteiger partial charge in [-0.3, -0.25) is 14.9 Å². The van der Waals surface area contributed by atoms with Gasteiger partial charge in [0.1, 0.15) is 23.9 Å². The summed E-state index contributed by atoms with van der Waals surface area (Å²) in [4.78, 5) is 22.4. The highest BCUT2D eigenvalue weighted by atomic mass is 19.1. The Hall–Kier alpha value is -5.02. The fourth-order valence-electron chi connectivity index (χ4n) is 5.00. The fraction of sp³-hybridized carbons (Fsp3) is 0.206. The fourth-order valence-corrected chi connectivity index (χ4v) is 5.00. The number of rotatable bonds is 9. The van der Waals surface area contributed by atoms with Crippen LogP contribution in [-0.2, 0) is 4.79 Å². The van der Waals surface area contributed by atoms with E-state index < -0.39 is 0 Å². The molecule has 218 valence electrons. The Balaban J connectivity index is 1.36. The van der Waals surface area contributed by atoms with Crippen LogP contribution in [0, 0.1) is 11.7 Å². The smallest absolute Gasteiger partial charge is 0.226 e. The lowest BCUT2D eigenvalue weighted by atomic mass is 10.0. The minimum atomic E-state index is -0.351. The number of nitrogens with zero attached hydrogens (tertiary/aromatic N) is 3. The number of H-pyrrole nitrogens is 2. The predicted molar refractivity (Wildman–Crippen MR) is 170 cm³/mol. The van der Waals surface area contributed by atoms with Crippen molar-refractivity contribution in [3.8, 4) is 39.5 Å². The number of pyridine rings is 1. The number of carbonyl (C=O) groups is 1. The molecule has 0 bridgehead atoms. The largest absolute Gasteiger partial charge is 0.492 e. The van der Waals surface area contributed by atoms with Crippen molar-refractivity contribution >= 4 is 33.4 Å². The number of amides is 1. The SMILES string of the molecule is CC(C)C(=O)Nc1cccc(-c2cc3c(-c4cc5c(-c6cc(F)cc(OCCN(C)C)c6)cccc5[nH]4)n[nH]c3cn2)c1. The van der Waals surface area contributed by atoms with Crippen molar-refractivity contribution in [1.29, 1.82) is 0 Å². The van der Waals surface area contributed by atoms with Gasteiger partial charge in [-0.1, -0.05) is 38.1 Å². The van der Waals surface area contributed by atoms with Gasteiger partial charge in [0, 0.05) is 46.1 Å². The second kappa shape index (κ2) is 11.7. The van der Waals surface area contributed by atoms with Crippen molar-refractivity contribution in [1.82, 2.24) is 25.1 Å². The minimum Gasteiger partial charge on any atom is -0.492 e. The molecule has 43 heavy (non-hydrogen) atoms. The molecule has 8 nitrogen and oxygen atoms in total. The topological polar surface area (TPSA) is 98.9 Å². The number of aromatic amines is 2. The number of carbonyl (C=O) groups excluding carboxylic acids is 1. The molecule has 0 aliphatic heterocycles. The summed E-state index contributed by atoms with van der Waals surface area (Å²) in [5.74, 6) is -0.0120. The summed E-state index contributed by atoms with van der Waals surface area (Å²) < 4.78 is 20.5. The predicted octanol–water partition coefficient (Wildman–Crippen LogP) is 7.11. The van der Waals surface area contributed by atoms with Gasteiger partial charge in [0.25, 0.3) is 0 Å². The maximum Gasteiger partial charge on any atom is 0.226 e. The Morgan fingerprint density at radius 1 is 0.977 bits per heavy atom. The quantitative estimate of drug-likeness (QED) is 0.170. The molecule has 0 fully saturated rings. The van der Waals surface area contributed by atoms with E-state index in [0.29, 0.717) is 12.4 Å².